The molecule has 1 fully saturated rings. The smallest absolute Gasteiger partial charge is 0.185 e. The molecule has 0 amide bonds. The van der Waals surface area contributed by atoms with E-state index in [-0.39, 0.29) is 0 Å². The summed E-state index contributed by atoms with van der Waals surface area (Å²) in [5.41, 5.74) is 0. The van der Waals surface area contributed by atoms with Gasteiger partial charge >= 0.3 is 0 Å². The van der Waals surface area contributed by atoms with Gasteiger partial charge in [0.2, 0.25) is 0 Å². The Morgan fingerprint density at radius 1 is 1.61 bits per heavy atom. The van der Waals surface area contributed by atoms with Crippen LogP contribution in [0.2, 0.25) is 0 Å². The van der Waals surface area contributed by atoms with Crippen molar-refractivity contribution >= 4 is 16.5 Å². The Hall–Kier alpha value is -0.650. The van der Waals surface area contributed by atoms with Crippen LogP contribution in [-0.2, 0) is 4.74 Å². The molecule has 0 radical (unpaired) electrons. The fourth-order valence-electron chi connectivity index (χ4n) is 2.17. The maximum atomic E-state index is 5.69. The summed E-state index contributed by atoms with van der Waals surface area (Å²) in [5.74, 6) is 0. The van der Waals surface area contributed by atoms with Crippen molar-refractivity contribution in [1.29, 1.82) is 0 Å². The second kappa shape index (κ2) is 6.50. The van der Waals surface area contributed by atoms with Crippen molar-refractivity contribution in [2.45, 2.75) is 39.3 Å². The van der Waals surface area contributed by atoms with E-state index in [9.17, 15) is 0 Å². The van der Waals surface area contributed by atoms with E-state index >= 15 is 0 Å². The molecule has 2 unspecified atom stereocenters. The lowest BCUT2D eigenvalue weighted by Crippen LogP contribution is -2.42. The lowest BCUT2D eigenvalue weighted by molar-refractivity contribution is 0.0384. The number of rotatable bonds is 5. The molecule has 0 spiro atoms. The van der Waals surface area contributed by atoms with E-state index in [0.717, 1.165) is 37.8 Å². The number of ether oxygens (including phenoxy) is 1. The van der Waals surface area contributed by atoms with Gasteiger partial charge in [-0.25, -0.2) is 4.98 Å². The van der Waals surface area contributed by atoms with Crippen LogP contribution in [0.3, 0.4) is 0 Å². The van der Waals surface area contributed by atoms with Crippen LogP contribution in [0.25, 0.3) is 0 Å². The SMILES string of the molecule is CCNC(C)c1cnc(N2CCOC(CC)C2)s1. The highest BCUT2D eigenvalue weighted by Gasteiger charge is 2.21. The Morgan fingerprint density at radius 3 is 3.17 bits per heavy atom. The lowest BCUT2D eigenvalue weighted by Gasteiger charge is -2.32. The number of aromatic nitrogens is 1. The van der Waals surface area contributed by atoms with Gasteiger partial charge in [0.05, 0.1) is 12.7 Å². The van der Waals surface area contributed by atoms with Gasteiger partial charge in [-0.1, -0.05) is 13.8 Å². The lowest BCUT2D eigenvalue weighted by atomic mass is 10.2. The van der Waals surface area contributed by atoms with E-state index in [1.165, 1.54) is 4.88 Å². The average molecular weight is 269 g/mol. The van der Waals surface area contributed by atoms with Crippen molar-refractivity contribution in [1.82, 2.24) is 10.3 Å². The summed E-state index contributed by atoms with van der Waals surface area (Å²) in [6.45, 7) is 10.2. The summed E-state index contributed by atoms with van der Waals surface area (Å²) in [6.07, 6.45) is 3.43. The third kappa shape index (κ3) is 3.22. The van der Waals surface area contributed by atoms with Gasteiger partial charge in [-0.05, 0) is 19.9 Å². The second-order valence-corrected chi connectivity index (χ2v) is 5.71. The van der Waals surface area contributed by atoms with Gasteiger partial charge in [0, 0.05) is 30.2 Å². The summed E-state index contributed by atoms with van der Waals surface area (Å²) >= 11 is 1.80. The van der Waals surface area contributed by atoms with E-state index < -0.39 is 0 Å². The molecule has 0 aliphatic carbocycles. The van der Waals surface area contributed by atoms with Crippen molar-refractivity contribution in [3.63, 3.8) is 0 Å². The van der Waals surface area contributed by atoms with Gasteiger partial charge < -0.3 is 15.0 Å². The summed E-state index contributed by atoms with van der Waals surface area (Å²) < 4.78 is 5.69. The molecular formula is C13H23N3OS. The van der Waals surface area contributed by atoms with Crippen molar-refractivity contribution in [3.05, 3.63) is 11.1 Å². The van der Waals surface area contributed by atoms with Gasteiger partial charge in [0.15, 0.2) is 5.13 Å². The molecule has 18 heavy (non-hydrogen) atoms. The van der Waals surface area contributed by atoms with Crippen LogP contribution < -0.4 is 10.2 Å². The topological polar surface area (TPSA) is 37.4 Å². The van der Waals surface area contributed by atoms with Crippen LogP contribution in [0, 0.1) is 0 Å². The molecule has 2 atom stereocenters. The molecule has 1 saturated heterocycles. The van der Waals surface area contributed by atoms with Gasteiger partial charge in [-0.3, -0.25) is 0 Å². The van der Waals surface area contributed by atoms with Crippen LogP contribution >= 0.6 is 11.3 Å². The van der Waals surface area contributed by atoms with Crippen molar-refractivity contribution in [3.8, 4) is 0 Å². The normalized spacial score (nSPS) is 22.2. The number of anilines is 1. The predicted molar refractivity (Wildman–Crippen MR) is 76.4 cm³/mol. The molecule has 1 aromatic rings. The Labute approximate surface area is 113 Å². The minimum Gasteiger partial charge on any atom is -0.375 e. The number of hydrogen-bond donors (Lipinski definition) is 1. The number of nitrogens with one attached hydrogen (secondary N) is 1. The fourth-order valence-corrected chi connectivity index (χ4v) is 3.15. The van der Waals surface area contributed by atoms with Crippen molar-refractivity contribution < 1.29 is 4.74 Å². The molecule has 4 nitrogen and oxygen atoms in total. The van der Waals surface area contributed by atoms with Gasteiger partial charge in [-0.15, -0.1) is 11.3 Å². The monoisotopic (exact) mass is 269 g/mol. The van der Waals surface area contributed by atoms with Gasteiger partial charge in [0.1, 0.15) is 0 Å². The minimum atomic E-state index is 0.359. The van der Waals surface area contributed by atoms with Crippen LogP contribution in [0.1, 0.15) is 38.1 Å². The Morgan fingerprint density at radius 2 is 2.44 bits per heavy atom. The summed E-state index contributed by atoms with van der Waals surface area (Å²) in [6, 6.07) is 0.393. The van der Waals surface area contributed by atoms with E-state index in [1.54, 1.807) is 11.3 Å². The molecule has 1 aliphatic heterocycles. The van der Waals surface area contributed by atoms with Crippen molar-refractivity contribution in [2.75, 3.05) is 31.1 Å². The van der Waals surface area contributed by atoms with E-state index in [1.807, 2.05) is 6.20 Å². The molecule has 2 rings (SSSR count). The fraction of sp³-hybridized carbons (Fsp3) is 0.769. The number of hydrogen-bond acceptors (Lipinski definition) is 5. The standard InChI is InChI=1S/C13H23N3OS/c1-4-11-9-16(6-7-17-11)13-15-8-12(18-13)10(3)14-5-2/h8,10-11,14H,4-7,9H2,1-3H3. The Balaban J connectivity index is 2.00. The molecule has 1 aliphatic rings. The Bertz CT molecular complexity index is 369. The summed E-state index contributed by atoms with van der Waals surface area (Å²) in [4.78, 5) is 8.22. The molecule has 0 bridgehead atoms. The van der Waals surface area contributed by atoms with Gasteiger partial charge in [0.25, 0.3) is 0 Å². The molecule has 0 saturated carbocycles. The van der Waals surface area contributed by atoms with Crippen LogP contribution in [0.4, 0.5) is 5.13 Å². The van der Waals surface area contributed by atoms with E-state index in [2.05, 4.69) is 36.0 Å². The van der Waals surface area contributed by atoms with Crippen LogP contribution in [0.5, 0.6) is 0 Å². The zero-order chi connectivity index (χ0) is 13.0. The molecular weight excluding hydrogens is 246 g/mol. The highest BCUT2D eigenvalue weighted by atomic mass is 32.1. The number of thiazole rings is 1. The van der Waals surface area contributed by atoms with Crippen LogP contribution in [0.15, 0.2) is 6.20 Å². The Kier molecular flexibility index (Phi) is 4.97. The summed E-state index contributed by atoms with van der Waals surface area (Å²) in [5, 5.41) is 4.56. The molecule has 1 aromatic heterocycles. The van der Waals surface area contributed by atoms with E-state index in [0.29, 0.717) is 12.1 Å². The zero-order valence-corrected chi connectivity index (χ0v) is 12.3. The highest BCUT2D eigenvalue weighted by Crippen LogP contribution is 2.28. The first-order valence-electron chi connectivity index (χ1n) is 6.80. The van der Waals surface area contributed by atoms with Crippen molar-refractivity contribution in [2.24, 2.45) is 0 Å². The second-order valence-electron chi connectivity index (χ2n) is 4.67. The highest BCUT2D eigenvalue weighted by molar-refractivity contribution is 7.15. The number of morpholine rings is 1. The quantitative estimate of drug-likeness (QED) is 0.891. The average Bonchev–Trinajstić information content (AvgIpc) is 2.89. The number of nitrogens with zero attached hydrogens (tertiary/aromatic N) is 2. The first-order chi connectivity index (χ1) is 8.74. The molecule has 0 aromatic carbocycles. The first kappa shape index (κ1) is 13.8. The third-order valence-corrected chi connectivity index (χ3v) is 4.55. The van der Waals surface area contributed by atoms with E-state index in [4.69, 9.17) is 4.74 Å². The molecule has 1 N–H and O–H groups in total. The first-order valence-corrected chi connectivity index (χ1v) is 7.61. The summed E-state index contributed by atoms with van der Waals surface area (Å²) in [7, 11) is 0. The third-order valence-electron chi connectivity index (χ3n) is 3.31. The molecule has 2 heterocycles. The minimum absolute atomic E-state index is 0.359. The molecule has 5 heteroatoms. The molecule has 102 valence electrons. The maximum Gasteiger partial charge on any atom is 0.185 e. The van der Waals surface area contributed by atoms with Gasteiger partial charge in [-0.2, -0.15) is 0 Å². The maximum absolute atomic E-state index is 5.69. The predicted octanol–water partition coefficient (Wildman–Crippen LogP) is 2.43. The zero-order valence-electron chi connectivity index (χ0n) is 11.5. The largest absolute Gasteiger partial charge is 0.375 e. The van der Waals surface area contributed by atoms with Crippen LogP contribution in [-0.4, -0.2) is 37.3 Å².